The second-order valence-corrected chi connectivity index (χ2v) is 7.30. The van der Waals surface area contributed by atoms with E-state index in [1.54, 1.807) is 30.3 Å². The number of hydrogen-bond donors (Lipinski definition) is 3. The molecule has 140 valence electrons. The summed E-state index contributed by atoms with van der Waals surface area (Å²) in [4.78, 5) is 12.2. The van der Waals surface area contributed by atoms with Crippen LogP contribution in [0.2, 0.25) is 0 Å². The molecule has 0 spiro atoms. The maximum atomic E-state index is 12.5. The van der Waals surface area contributed by atoms with E-state index in [-0.39, 0.29) is 16.4 Å². The van der Waals surface area contributed by atoms with Gasteiger partial charge in [0, 0.05) is 17.8 Å². The molecule has 8 heteroatoms. The molecule has 26 heavy (non-hydrogen) atoms. The fourth-order valence-corrected chi connectivity index (χ4v) is 3.36. The van der Waals surface area contributed by atoms with Gasteiger partial charge in [-0.2, -0.15) is 0 Å². The van der Waals surface area contributed by atoms with Crippen LogP contribution in [-0.2, 0) is 10.0 Å². The number of nitrogens with two attached hydrogens (primary N) is 1. The zero-order valence-electron chi connectivity index (χ0n) is 14.6. The number of methoxy groups -OCH3 is 1. The SMILES string of the molecule is COc1ccc(NS(=O)(=O)c2cccc(C(=O)NCCCCN)c2)cc1. The van der Waals surface area contributed by atoms with Crippen LogP contribution < -0.4 is 20.5 Å². The van der Waals surface area contributed by atoms with Crippen LogP contribution in [-0.4, -0.2) is 34.5 Å². The average Bonchev–Trinajstić information content (AvgIpc) is 2.65. The molecule has 0 unspecified atom stereocenters. The predicted molar refractivity (Wildman–Crippen MR) is 101 cm³/mol. The molecule has 0 atom stereocenters. The van der Waals surface area contributed by atoms with Crippen LogP contribution in [0.5, 0.6) is 5.75 Å². The van der Waals surface area contributed by atoms with Crippen LogP contribution in [0.3, 0.4) is 0 Å². The van der Waals surface area contributed by atoms with Crippen molar-refractivity contribution in [2.24, 2.45) is 5.73 Å². The molecule has 0 saturated carbocycles. The Labute approximate surface area is 153 Å². The Morgan fingerprint density at radius 2 is 1.85 bits per heavy atom. The number of benzene rings is 2. The van der Waals surface area contributed by atoms with Crippen molar-refractivity contribution in [2.45, 2.75) is 17.7 Å². The second-order valence-electron chi connectivity index (χ2n) is 5.61. The highest BCUT2D eigenvalue weighted by molar-refractivity contribution is 7.92. The normalized spacial score (nSPS) is 11.0. The molecule has 4 N–H and O–H groups in total. The van der Waals surface area contributed by atoms with Crippen LogP contribution in [0.1, 0.15) is 23.2 Å². The molecule has 0 bridgehead atoms. The molecule has 7 nitrogen and oxygen atoms in total. The highest BCUT2D eigenvalue weighted by atomic mass is 32.2. The van der Waals surface area contributed by atoms with Crippen molar-refractivity contribution >= 4 is 21.6 Å². The summed E-state index contributed by atoms with van der Waals surface area (Å²) in [6, 6.07) is 12.4. The van der Waals surface area contributed by atoms with Crippen molar-refractivity contribution in [2.75, 3.05) is 24.9 Å². The first-order valence-electron chi connectivity index (χ1n) is 8.21. The standard InChI is InChI=1S/C18H23N3O4S/c1-25-16-9-7-15(8-10-16)21-26(23,24)17-6-4-5-14(13-17)18(22)20-12-3-2-11-19/h4-10,13,21H,2-3,11-12,19H2,1H3,(H,20,22). The minimum absolute atomic E-state index is 0.0166. The third-order valence-electron chi connectivity index (χ3n) is 3.67. The van der Waals surface area contributed by atoms with Crippen molar-refractivity contribution in [3.05, 3.63) is 54.1 Å². The van der Waals surface area contributed by atoms with Gasteiger partial charge in [0.15, 0.2) is 0 Å². The topological polar surface area (TPSA) is 111 Å². The number of sulfonamides is 1. The van der Waals surface area contributed by atoms with Gasteiger partial charge in [0.05, 0.1) is 12.0 Å². The molecule has 0 radical (unpaired) electrons. The quantitative estimate of drug-likeness (QED) is 0.579. The zero-order valence-corrected chi connectivity index (χ0v) is 15.4. The molecule has 2 aromatic carbocycles. The van der Waals surface area contributed by atoms with Crippen LogP contribution in [0, 0.1) is 0 Å². The number of nitrogens with one attached hydrogen (secondary N) is 2. The summed E-state index contributed by atoms with van der Waals surface area (Å²) >= 11 is 0. The highest BCUT2D eigenvalue weighted by Gasteiger charge is 2.16. The van der Waals surface area contributed by atoms with E-state index in [1.165, 1.54) is 25.3 Å². The predicted octanol–water partition coefficient (Wildman–Crippen LogP) is 1.96. The summed E-state index contributed by atoms with van der Waals surface area (Å²) in [5.74, 6) is 0.310. The third-order valence-corrected chi connectivity index (χ3v) is 5.04. The Bertz CT molecular complexity index is 836. The maximum absolute atomic E-state index is 12.5. The summed E-state index contributed by atoms with van der Waals surface area (Å²) in [7, 11) is -2.27. The minimum atomic E-state index is -3.81. The first-order valence-corrected chi connectivity index (χ1v) is 9.70. The van der Waals surface area contributed by atoms with Crippen LogP contribution in [0.15, 0.2) is 53.4 Å². The van der Waals surface area contributed by atoms with E-state index in [0.29, 0.717) is 24.5 Å². The Morgan fingerprint density at radius 1 is 1.12 bits per heavy atom. The third kappa shape index (κ3) is 5.47. The van der Waals surface area contributed by atoms with Crippen molar-refractivity contribution < 1.29 is 17.9 Å². The largest absolute Gasteiger partial charge is 0.497 e. The minimum Gasteiger partial charge on any atom is -0.497 e. The molecule has 0 saturated heterocycles. The lowest BCUT2D eigenvalue weighted by molar-refractivity contribution is 0.0953. The molecule has 0 fully saturated rings. The zero-order chi connectivity index (χ0) is 19.0. The lowest BCUT2D eigenvalue weighted by Gasteiger charge is -2.10. The van der Waals surface area contributed by atoms with E-state index in [0.717, 1.165) is 12.8 Å². The number of ether oxygens (including phenoxy) is 1. The number of amides is 1. The van der Waals surface area contributed by atoms with E-state index in [4.69, 9.17) is 10.5 Å². The number of carbonyl (C=O) groups is 1. The smallest absolute Gasteiger partial charge is 0.261 e. The first kappa shape index (κ1) is 19.7. The fourth-order valence-electron chi connectivity index (χ4n) is 2.25. The van der Waals surface area contributed by atoms with Gasteiger partial charge < -0.3 is 15.8 Å². The fraction of sp³-hybridized carbons (Fsp3) is 0.278. The van der Waals surface area contributed by atoms with Gasteiger partial charge in [-0.1, -0.05) is 6.07 Å². The average molecular weight is 377 g/mol. The van der Waals surface area contributed by atoms with Gasteiger partial charge in [0.1, 0.15) is 5.75 Å². The molecule has 2 rings (SSSR count). The van der Waals surface area contributed by atoms with Crippen molar-refractivity contribution in [3.8, 4) is 5.75 Å². The molecule has 0 aliphatic carbocycles. The van der Waals surface area contributed by atoms with Crippen molar-refractivity contribution in [1.29, 1.82) is 0 Å². The Balaban J connectivity index is 2.10. The number of carbonyl (C=O) groups excluding carboxylic acids is 1. The van der Waals surface area contributed by atoms with Crippen LogP contribution in [0.25, 0.3) is 0 Å². The van der Waals surface area contributed by atoms with Gasteiger partial charge in [-0.05, 0) is 61.9 Å². The second kappa shape index (κ2) is 9.21. The lowest BCUT2D eigenvalue weighted by atomic mass is 10.2. The monoisotopic (exact) mass is 377 g/mol. The van der Waals surface area contributed by atoms with Gasteiger partial charge in [-0.25, -0.2) is 8.42 Å². The summed E-state index contributed by atoms with van der Waals surface area (Å²) in [5.41, 5.74) is 6.10. The number of rotatable bonds is 9. The number of anilines is 1. The van der Waals surface area contributed by atoms with Crippen LogP contribution >= 0.6 is 0 Å². The van der Waals surface area contributed by atoms with Gasteiger partial charge in [-0.3, -0.25) is 9.52 Å². The Hall–Kier alpha value is -2.58. The van der Waals surface area contributed by atoms with E-state index in [1.807, 2.05) is 0 Å². The molecule has 0 heterocycles. The van der Waals surface area contributed by atoms with Gasteiger partial charge in [0.2, 0.25) is 0 Å². The molecule has 2 aromatic rings. The van der Waals surface area contributed by atoms with E-state index >= 15 is 0 Å². The van der Waals surface area contributed by atoms with E-state index in [9.17, 15) is 13.2 Å². The molecule has 0 aliphatic heterocycles. The first-order chi connectivity index (χ1) is 12.5. The lowest BCUT2D eigenvalue weighted by Crippen LogP contribution is -2.25. The number of unbranched alkanes of at least 4 members (excludes halogenated alkanes) is 1. The van der Waals surface area contributed by atoms with Gasteiger partial charge in [-0.15, -0.1) is 0 Å². The summed E-state index contributed by atoms with van der Waals surface area (Å²) in [6.07, 6.45) is 1.60. The molecular weight excluding hydrogens is 354 g/mol. The van der Waals surface area contributed by atoms with Gasteiger partial charge >= 0.3 is 0 Å². The van der Waals surface area contributed by atoms with E-state index in [2.05, 4.69) is 10.0 Å². The highest BCUT2D eigenvalue weighted by Crippen LogP contribution is 2.20. The van der Waals surface area contributed by atoms with E-state index < -0.39 is 10.0 Å². The van der Waals surface area contributed by atoms with Gasteiger partial charge in [0.25, 0.3) is 15.9 Å². The van der Waals surface area contributed by atoms with Crippen LogP contribution in [0.4, 0.5) is 5.69 Å². The number of hydrogen-bond acceptors (Lipinski definition) is 5. The Morgan fingerprint density at radius 3 is 2.50 bits per heavy atom. The molecular formula is C18H23N3O4S. The maximum Gasteiger partial charge on any atom is 0.261 e. The summed E-state index contributed by atoms with van der Waals surface area (Å²) in [5, 5.41) is 2.75. The van der Waals surface area contributed by atoms with Crippen molar-refractivity contribution in [1.82, 2.24) is 5.32 Å². The van der Waals surface area contributed by atoms with Crippen molar-refractivity contribution in [3.63, 3.8) is 0 Å². The Kier molecular flexibility index (Phi) is 6.99. The summed E-state index contributed by atoms with van der Waals surface area (Å²) < 4.78 is 32.6. The molecule has 0 aliphatic rings. The summed E-state index contributed by atoms with van der Waals surface area (Å²) in [6.45, 7) is 1.07. The molecule has 0 aromatic heterocycles. The molecule has 1 amide bonds.